The number of methoxy groups -OCH3 is 1. The Morgan fingerprint density at radius 2 is 2.00 bits per heavy atom. The van der Waals surface area contributed by atoms with Crippen LogP contribution < -0.4 is 9.64 Å². The SMILES string of the molecule is COc1cccc(N2CCC(O)(CN3C[C@@H]4CCCN4C[C@@H]3CCO)CC2)c1. The van der Waals surface area contributed by atoms with Gasteiger partial charge in [-0.25, -0.2) is 0 Å². The number of benzene rings is 1. The van der Waals surface area contributed by atoms with Crippen LogP contribution in [0.1, 0.15) is 32.1 Å². The molecule has 4 rings (SSSR count). The van der Waals surface area contributed by atoms with Crippen molar-refractivity contribution < 1.29 is 14.9 Å². The van der Waals surface area contributed by atoms with Crippen molar-refractivity contribution in [2.75, 3.05) is 57.9 Å². The van der Waals surface area contributed by atoms with Crippen molar-refractivity contribution in [3.8, 4) is 5.75 Å². The molecule has 1 aromatic carbocycles. The second-order valence-electron chi connectivity index (χ2n) is 8.80. The largest absolute Gasteiger partial charge is 0.497 e. The van der Waals surface area contributed by atoms with Crippen LogP contribution >= 0.6 is 0 Å². The van der Waals surface area contributed by atoms with E-state index in [1.54, 1.807) is 7.11 Å². The van der Waals surface area contributed by atoms with Gasteiger partial charge in [0, 0.05) is 63.2 Å². The zero-order valence-electron chi connectivity index (χ0n) is 17.1. The number of β-amino-alcohol motifs (C(OH)–C–C–N with tert-alkyl or cyclic N) is 1. The molecule has 3 heterocycles. The minimum absolute atomic E-state index is 0.224. The maximum absolute atomic E-state index is 11.3. The molecule has 0 saturated carbocycles. The number of fused-ring (bicyclic) bond motifs is 1. The van der Waals surface area contributed by atoms with Gasteiger partial charge >= 0.3 is 0 Å². The summed E-state index contributed by atoms with van der Waals surface area (Å²) in [5.74, 6) is 0.875. The van der Waals surface area contributed by atoms with Crippen molar-refractivity contribution in [1.82, 2.24) is 9.80 Å². The molecule has 3 aliphatic rings. The number of hydrogen-bond acceptors (Lipinski definition) is 6. The van der Waals surface area contributed by atoms with E-state index in [1.807, 2.05) is 12.1 Å². The maximum Gasteiger partial charge on any atom is 0.120 e. The fraction of sp³-hybridized carbons (Fsp3) is 0.727. The molecule has 0 aliphatic carbocycles. The molecule has 1 aromatic rings. The maximum atomic E-state index is 11.3. The number of ether oxygens (including phenoxy) is 1. The van der Waals surface area contributed by atoms with Crippen molar-refractivity contribution in [1.29, 1.82) is 0 Å². The molecule has 3 saturated heterocycles. The summed E-state index contributed by atoms with van der Waals surface area (Å²) in [7, 11) is 1.70. The van der Waals surface area contributed by atoms with E-state index in [9.17, 15) is 10.2 Å². The van der Waals surface area contributed by atoms with E-state index in [0.717, 1.165) is 57.7 Å². The van der Waals surface area contributed by atoms with Crippen molar-refractivity contribution in [3.05, 3.63) is 24.3 Å². The third-order valence-corrected chi connectivity index (χ3v) is 6.98. The first-order valence-electron chi connectivity index (χ1n) is 10.8. The summed E-state index contributed by atoms with van der Waals surface area (Å²) < 4.78 is 5.35. The molecule has 0 radical (unpaired) electrons. The number of piperazine rings is 1. The molecule has 3 fully saturated rings. The third kappa shape index (κ3) is 4.30. The van der Waals surface area contributed by atoms with Crippen LogP contribution in [0, 0.1) is 0 Å². The zero-order valence-corrected chi connectivity index (χ0v) is 17.1. The van der Waals surface area contributed by atoms with E-state index in [2.05, 4.69) is 26.8 Å². The second-order valence-corrected chi connectivity index (χ2v) is 8.80. The molecule has 0 unspecified atom stereocenters. The average Bonchev–Trinajstić information content (AvgIpc) is 3.16. The van der Waals surface area contributed by atoms with Gasteiger partial charge in [0.15, 0.2) is 0 Å². The Morgan fingerprint density at radius 1 is 1.18 bits per heavy atom. The van der Waals surface area contributed by atoms with Gasteiger partial charge in [-0.1, -0.05) is 6.07 Å². The van der Waals surface area contributed by atoms with Crippen LogP contribution in [-0.4, -0.2) is 90.7 Å². The van der Waals surface area contributed by atoms with Gasteiger partial charge < -0.3 is 19.8 Å². The van der Waals surface area contributed by atoms with Gasteiger partial charge in [-0.15, -0.1) is 0 Å². The summed E-state index contributed by atoms with van der Waals surface area (Å²) in [6, 6.07) is 9.17. The third-order valence-electron chi connectivity index (χ3n) is 6.98. The van der Waals surface area contributed by atoms with Crippen LogP contribution in [0.25, 0.3) is 0 Å². The second kappa shape index (κ2) is 8.57. The zero-order chi connectivity index (χ0) is 19.6. The fourth-order valence-corrected chi connectivity index (χ4v) is 5.29. The lowest BCUT2D eigenvalue weighted by Gasteiger charge is -2.48. The number of rotatable bonds is 6. The normalized spacial score (nSPS) is 28.3. The van der Waals surface area contributed by atoms with Gasteiger partial charge in [0.25, 0.3) is 0 Å². The van der Waals surface area contributed by atoms with Gasteiger partial charge in [0.2, 0.25) is 0 Å². The number of piperidine rings is 1. The lowest BCUT2D eigenvalue weighted by molar-refractivity contribution is -0.0537. The summed E-state index contributed by atoms with van der Waals surface area (Å²) in [4.78, 5) is 7.41. The van der Waals surface area contributed by atoms with Crippen LogP contribution in [0.5, 0.6) is 5.75 Å². The average molecular weight is 390 g/mol. The van der Waals surface area contributed by atoms with Crippen molar-refractivity contribution in [3.63, 3.8) is 0 Å². The van der Waals surface area contributed by atoms with Crippen LogP contribution in [0.4, 0.5) is 5.69 Å². The summed E-state index contributed by atoms with van der Waals surface area (Å²) in [5, 5.41) is 20.9. The minimum atomic E-state index is -0.635. The monoisotopic (exact) mass is 389 g/mol. The topological polar surface area (TPSA) is 59.4 Å². The van der Waals surface area contributed by atoms with E-state index in [0.29, 0.717) is 12.1 Å². The van der Waals surface area contributed by atoms with Gasteiger partial charge in [0.1, 0.15) is 5.75 Å². The highest BCUT2D eigenvalue weighted by molar-refractivity contribution is 5.51. The molecule has 3 aliphatic heterocycles. The lowest BCUT2D eigenvalue weighted by Crippen LogP contribution is -2.61. The Labute approximate surface area is 168 Å². The summed E-state index contributed by atoms with van der Waals surface area (Å²) in [6.45, 7) is 5.94. The molecule has 6 nitrogen and oxygen atoms in total. The van der Waals surface area contributed by atoms with E-state index in [4.69, 9.17) is 4.74 Å². The lowest BCUT2D eigenvalue weighted by atomic mass is 9.89. The van der Waals surface area contributed by atoms with Crippen molar-refractivity contribution in [2.45, 2.75) is 49.8 Å². The molecule has 2 N–H and O–H groups in total. The molecule has 0 bridgehead atoms. The summed E-state index contributed by atoms with van der Waals surface area (Å²) in [5.41, 5.74) is 0.531. The highest BCUT2D eigenvalue weighted by Crippen LogP contribution is 2.32. The molecule has 0 spiro atoms. The quantitative estimate of drug-likeness (QED) is 0.770. The van der Waals surface area contributed by atoms with Gasteiger partial charge in [-0.05, 0) is 50.8 Å². The highest BCUT2D eigenvalue weighted by atomic mass is 16.5. The molecule has 2 atom stereocenters. The molecular weight excluding hydrogens is 354 g/mol. The Bertz CT molecular complexity index is 648. The van der Waals surface area contributed by atoms with Gasteiger partial charge in [-0.2, -0.15) is 0 Å². The van der Waals surface area contributed by atoms with Crippen molar-refractivity contribution in [2.24, 2.45) is 0 Å². The van der Waals surface area contributed by atoms with Crippen LogP contribution in [-0.2, 0) is 0 Å². The van der Waals surface area contributed by atoms with E-state index in [1.165, 1.54) is 25.1 Å². The number of anilines is 1. The van der Waals surface area contributed by atoms with E-state index >= 15 is 0 Å². The Balaban J connectivity index is 1.37. The molecule has 0 amide bonds. The first kappa shape index (κ1) is 20.0. The van der Waals surface area contributed by atoms with Crippen LogP contribution in [0.15, 0.2) is 24.3 Å². The van der Waals surface area contributed by atoms with Crippen LogP contribution in [0.3, 0.4) is 0 Å². The Hall–Kier alpha value is -1.34. The Morgan fingerprint density at radius 3 is 2.75 bits per heavy atom. The summed E-state index contributed by atoms with van der Waals surface area (Å²) in [6.07, 6.45) is 4.91. The molecule has 0 aromatic heterocycles. The first-order valence-corrected chi connectivity index (χ1v) is 10.8. The number of nitrogens with zero attached hydrogens (tertiary/aromatic N) is 3. The smallest absolute Gasteiger partial charge is 0.120 e. The molecule has 6 heteroatoms. The van der Waals surface area contributed by atoms with Crippen LogP contribution in [0.2, 0.25) is 0 Å². The fourth-order valence-electron chi connectivity index (χ4n) is 5.29. The number of aliphatic hydroxyl groups excluding tert-OH is 1. The van der Waals surface area contributed by atoms with Gasteiger partial charge in [-0.3, -0.25) is 9.80 Å². The van der Waals surface area contributed by atoms with Gasteiger partial charge in [0.05, 0.1) is 12.7 Å². The summed E-state index contributed by atoms with van der Waals surface area (Å²) >= 11 is 0. The minimum Gasteiger partial charge on any atom is -0.497 e. The molecular formula is C22H35N3O3. The molecule has 28 heavy (non-hydrogen) atoms. The predicted octanol–water partition coefficient (Wildman–Crippen LogP) is 1.56. The Kier molecular flexibility index (Phi) is 6.11. The number of aliphatic hydroxyl groups is 2. The predicted molar refractivity (Wildman–Crippen MR) is 111 cm³/mol. The van der Waals surface area contributed by atoms with Crippen molar-refractivity contribution >= 4 is 5.69 Å². The van der Waals surface area contributed by atoms with E-state index in [-0.39, 0.29) is 6.61 Å². The highest BCUT2D eigenvalue weighted by Gasteiger charge is 2.41. The molecule has 156 valence electrons. The standard InChI is InChI=1S/C22H35N3O3/c1-28-21-6-2-4-18(14-21)23-11-8-22(27,9-12-23)17-25-16-19-5-3-10-24(19)15-20(25)7-13-26/h2,4,6,14,19-20,26-27H,3,5,7-13,15-17H2,1H3/t19-,20-/m0/s1. The first-order chi connectivity index (χ1) is 13.6. The number of hydrogen-bond donors (Lipinski definition) is 2. The van der Waals surface area contributed by atoms with E-state index < -0.39 is 5.60 Å².